The van der Waals surface area contributed by atoms with Gasteiger partial charge in [-0.25, -0.2) is 4.79 Å². The van der Waals surface area contributed by atoms with Crippen molar-refractivity contribution in [3.8, 4) is 0 Å². The van der Waals surface area contributed by atoms with Gasteiger partial charge in [-0.05, 0) is 19.8 Å². The second-order valence-electron chi connectivity index (χ2n) is 5.16. The van der Waals surface area contributed by atoms with E-state index in [1.165, 1.54) is 63.9 Å². The first kappa shape index (κ1) is 18.9. The fraction of sp³-hybridized carbons (Fsp3) is 0.722. The Balaban J connectivity index is 3.25. The number of hydrogen-bond acceptors (Lipinski definition) is 2. The van der Waals surface area contributed by atoms with E-state index in [4.69, 9.17) is 4.74 Å². The second-order valence-corrected chi connectivity index (χ2v) is 5.16. The van der Waals surface area contributed by atoms with Crippen molar-refractivity contribution >= 4 is 5.97 Å². The minimum Gasteiger partial charge on any atom is -0.463 e. The molecule has 0 aromatic carbocycles. The number of unbranched alkanes of at least 4 members (excludes halogenated alkanes) is 9. The highest BCUT2D eigenvalue weighted by atomic mass is 16.5. The van der Waals surface area contributed by atoms with E-state index in [1.807, 2.05) is 13.0 Å². The third-order valence-electron chi connectivity index (χ3n) is 3.24. The van der Waals surface area contributed by atoms with Gasteiger partial charge < -0.3 is 4.74 Å². The third kappa shape index (κ3) is 15.0. The van der Waals surface area contributed by atoms with Gasteiger partial charge in [0.1, 0.15) is 0 Å². The lowest BCUT2D eigenvalue weighted by Gasteiger charge is -2.00. The van der Waals surface area contributed by atoms with Gasteiger partial charge in [-0.15, -0.1) is 0 Å². The molecule has 0 radical (unpaired) electrons. The molecule has 0 heterocycles. The molecule has 0 spiro atoms. The normalized spacial score (nSPS) is 11.5. The van der Waals surface area contributed by atoms with Crippen LogP contribution < -0.4 is 0 Å². The van der Waals surface area contributed by atoms with Crippen molar-refractivity contribution < 1.29 is 9.53 Å². The van der Waals surface area contributed by atoms with E-state index >= 15 is 0 Å². The van der Waals surface area contributed by atoms with Gasteiger partial charge in [-0.3, -0.25) is 0 Å². The first-order valence-corrected chi connectivity index (χ1v) is 8.31. The molecule has 0 atom stereocenters. The van der Waals surface area contributed by atoms with Crippen LogP contribution in [-0.4, -0.2) is 12.6 Å². The molecule has 0 rings (SSSR count). The topological polar surface area (TPSA) is 26.3 Å². The maximum Gasteiger partial charge on any atom is 0.330 e. The van der Waals surface area contributed by atoms with Crippen LogP contribution in [-0.2, 0) is 9.53 Å². The Morgan fingerprint density at radius 3 is 2.05 bits per heavy atom. The molecule has 0 fully saturated rings. The van der Waals surface area contributed by atoms with Crippen molar-refractivity contribution in [2.24, 2.45) is 0 Å². The zero-order valence-electron chi connectivity index (χ0n) is 13.4. The SMILES string of the molecule is CCCCCCCCCCCC=CC=CC(=O)OCC. The molecule has 0 saturated heterocycles. The minimum atomic E-state index is -0.264. The van der Waals surface area contributed by atoms with E-state index in [1.54, 1.807) is 6.08 Å². The Morgan fingerprint density at radius 1 is 0.850 bits per heavy atom. The zero-order valence-corrected chi connectivity index (χ0v) is 13.4. The first-order valence-electron chi connectivity index (χ1n) is 8.31. The Morgan fingerprint density at radius 2 is 1.45 bits per heavy atom. The molecule has 0 aliphatic carbocycles. The molecule has 116 valence electrons. The number of carbonyl (C=O) groups excluding carboxylic acids is 1. The van der Waals surface area contributed by atoms with Crippen LogP contribution in [0.15, 0.2) is 24.3 Å². The van der Waals surface area contributed by atoms with Crippen LogP contribution in [0.1, 0.15) is 78.1 Å². The van der Waals surface area contributed by atoms with Crippen molar-refractivity contribution in [1.82, 2.24) is 0 Å². The molecule has 2 heteroatoms. The lowest BCUT2D eigenvalue weighted by molar-refractivity contribution is -0.137. The monoisotopic (exact) mass is 280 g/mol. The van der Waals surface area contributed by atoms with Crippen molar-refractivity contribution in [2.45, 2.75) is 78.1 Å². The molecule has 20 heavy (non-hydrogen) atoms. The molecule has 0 saturated carbocycles. The minimum absolute atomic E-state index is 0.264. The highest BCUT2D eigenvalue weighted by Crippen LogP contribution is 2.10. The molecular weight excluding hydrogens is 248 g/mol. The second kappa shape index (κ2) is 16.0. The lowest BCUT2D eigenvalue weighted by atomic mass is 10.1. The molecule has 0 aromatic rings. The summed E-state index contributed by atoms with van der Waals surface area (Å²) in [6.07, 6.45) is 20.6. The molecule has 0 aliphatic rings. The van der Waals surface area contributed by atoms with Gasteiger partial charge >= 0.3 is 5.97 Å². The molecule has 0 aliphatic heterocycles. The van der Waals surface area contributed by atoms with Crippen molar-refractivity contribution in [3.63, 3.8) is 0 Å². The van der Waals surface area contributed by atoms with Gasteiger partial charge in [0.25, 0.3) is 0 Å². The van der Waals surface area contributed by atoms with Gasteiger partial charge in [0, 0.05) is 6.08 Å². The van der Waals surface area contributed by atoms with Gasteiger partial charge in [-0.1, -0.05) is 76.5 Å². The summed E-state index contributed by atoms with van der Waals surface area (Å²) in [6, 6.07) is 0. The highest BCUT2D eigenvalue weighted by Gasteiger charge is 1.91. The van der Waals surface area contributed by atoms with E-state index in [0.29, 0.717) is 6.61 Å². The number of allylic oxidation sites excluding steroid dienone is 3. The number of hydrogen-bond donors (Lipinski definition) is 0. The summed E-state index contributed by atoms with van der Waals surface area (Å²) in [6.45, 7) is 4.51. The van der Waals surface area contributed by atoms with Crippen LogP contribution in [0, 0.1) is 0 Å². The highest BCUT2D eigenvalue weighted by molar-refractivity contribution is 5.82. The largest absolute Gasteiger partial charge is 0.463 e. The third-order valence-corrected chi connectivity index (χ3v) is 3.24. The van der Waals surface area contributed by atoms with E-state index in [0.717, 1.165) is 6.42 Å². The quantitative estimate of drug-likeness (QED) is 0.190. The first-order chi connectivity index (χ1) is 9.81. The van der Waals surface area contributed by atoms with Crippen molar-refractivity contribution in [3.05, 3.63) is 24.3 Å². The Kier molecular flexibility index (Phi) is 15.2. The maximum absolute atomic E-state index is 11.0. The fourth-order valence-electron chi connectivity index (χ4n) is 2.07. The summed E-state index contributed by atoms with van der Waals surface area (Å²) in [5.74, 6) is -0.264. The fourth-order valence-corrected chi connectivity index (χ4v) is 2.07. The molecule has 0 amide bonds. The van der Waals surface area contributed by atoms with Crippen LogP contribution in [0.2, 0.25) is 0 Å². The predicted molar refractivity (Wildman–Crippen MR) is 86.8 cm³/mol. The molecule has 2 nitrogen and oxygen atoms in total. The van der Waals surface area contributed by atoms with Crippen molar-refractivity contribution in [2.75, 3.05) is 6.61 Å². The van der Waals surface area contributed by atoms with E-state index in [9.17, 15) is 4.79 Å². The van der Waals surface area contributed by atoms with Gasteiger partial charge in [-0.2, -0.15) is 0 Å². The van der Waals surface area contributed by atoms with Gasteiger partial charge in [0.2, 0.25) is 0 Å². The smallest absolute Gasteiger partial charge is 0.330 e. The molecule has 0 unspecified atom stereocenters. The Labute approximate surface area is 125 Å². The summed E-state index contributed by atoms with van der Waals surface area (Å²) in [5, 5.41) is 0. The summed E-state index contributed by atoms with van der Waals surface area (Å²) < 4.78 is 4.79. The number of rotatable bonds is 13. The summed E-state index contributed by atoms with van der Waals surface area (Å²) in [5.41, 5.74) is 0. The van der Waals surface area contributed by atoms with Crippen LogP contribution >= 0.6 is 0 Å². The van der Waals surface area contributed by atoms with E-state index < -0.39 is 0 Å². The van der Waals surface area contributed by atoms with E-state index in [-0.39, 0.29) is 5.97 Å². The number of carbonyl (C=O) groups is 1. The molecule has 0 aromatic heterocycles. The molecular formula is C18H32O2. The molecule has 0 N–H and O–H groups in total. The Bertz CT molecular complexity index is 267. The van der Waals surface area contributed by atoms with Crippen LogP contribution in [0.5, 0.6) is 0 Å². The average molecular weight is 280 g/mol. The predicted octanol–water partition coefficient (Wildman–Crippen LogP) is 5.58. The van der Waals surface area contributed by atoms with Crippen LogP contribution in [0.3, 0.4) is 0 Å². The molecule has 0 bridgehead atoms. The average Bonchev–Trinajstić information content (AvgIpc) is 2.44. The zero-order chi connectivity index (χ0) is 14.9. The van der Waals surface area contributed by atoms with E-state index in [2.05, 4.69) is 13.0 Å². The number of esters is 1. The van der Waals surface area contributed by atoms with Gasteiger partial charge in [0.15, 0.2) is 0 Å². The van der Waals surface area contributed by atoms with Crippen LogP contribution in [0.4, 0.5) is 0 Å². The van der Waals surface area contributed by atoms with Crippen LogP contribution in [0.25, 0.3) is 0 Å². The lowest BCUT2D eigenvalue weighted by Crippen LogP contribution is -1.98. The van der Waals surface area contributed by atoms with Gasteiger partial charge in [0.05, 0.1) is 6.61 Å². The number of ether oxygens (including phenoxy) is 1. The summed E-state index contributed by atoms with van der Waals surface area (Å²) in [4.78, 5) is 11.0. The maximum atomic E-state index is 11.0. The van der Waals surface area contributed by atoms with Crippen molar-refractivity contribution in [1.29, 1.82) is 0 Å². The Hall–Kier alpha value is -1.05. The summed E-state index contributed by atoms with van der Waals surface area (Å²) in [7, 11) is 0. The standard InChI is InChI=1S/C18H32O2/c1-3-5-6-7-8-9-10-11-12-13-14-15-16-17-18(19)20-4-2/h14-17H,3-13H2,1-2H3. The summed E-state index contributed by atoms with van der Waals surface area (Å²) >= 11 is 0.